The SMILES string of the molecule is CN(c1ccc2ccccc2c1)S(=O)(=O)c1ccc2c(c1)=NC(=O)C(=O)N=2. The number of rotatable bonds is 3. The van der Waals surface area contributed by atoms with Gasteiger partial charge in [-0.2, -0.15) is 0 Å². The lowest BCUT2D eigenvalue weighted by Gasteiger charge is -2.20. The van der Waals surface area contributed by atoms with Crippen LogP contribution in [0.2, 0.25) is 0 Å². The second-order valence-corrected chi connectivity index (χ2v) is 7.96. The monoisotopic (exact) mass is 379 g/mol. The maximum atomic E-state index is 13.0. The minimum atomic E-state index is -3.89. The Morgan fingerprint density at radius 3 is 2.19 bits per heavy atom. The van der Waals surface area contributed by atoms with Gasteiger partial charge in [-0.05, 0) is 41.1 Å². The molecule has 4 rings (SSSR count). The molecule has 2 amide bonds. The van der Waals surface area contributed by atoms with Gasteiger partial charge in [0.15, 0.2) is 0 Å². The van der Waals surface area contributed by atoms with E-state index in [1.807, 2.05) is 30.3 Å². The molecular weight excluding hydrogens is 366 g/mol. The molecule has 0 bridgehead atoms. The van der Waals surface area contributed by atoms with Crippen LogP contribution in [-0.4, -0.2) is 27.3 Å². The van der Waals surface area contributed by atoms with Crippen molar-refractivity contribution in [1.29, 1.82) is 0 Å². The smallest absolute Gasteiger partial charge is 0.269 e. The van der Waals surface area contributed by atoms with Crippen molar-refractivity contribution in [2.75, 3.05) is 11.4 Å². The van der Waals surface area contributed by atoms with Gasteiger partial charge in [-0.1, -0.05) is 30.3 Å². The molecule has 7 nitrogen and oxygen atoms in total. The van der Waals surface area contributed by atoms with Crippen LogP contribution in [0.4, 0.5) is 5.69 Å². The molecule has 27 heavy (non-hydrogen) atoms. The fourth-order valence-electron chi connectivity index (χ4n) is 2.83. The van der Waals surface area contributed by atoms with E-state index >= 15 is 0 Å². The van der Waals surface area contributed by atoms with Crippen molar-refractivity contribution >= 4 is 38.3 Å². The van der Waals surface area contributed by atoms with Gasteiger partial charge in [-0.3, -0.25) is 13.9 Å². The number of amides is 2. The molecule has 0 unspecified atom stereocenters. The highest BCUT2D eigenvalue weighted by Gasteiger charge is 2.23. The number of carbonyl (C=O) groups is 2. The number of benzene rings is 3. The first-order valence-electron chi connectivity index (χ1n) is 8.00. The van der Waals surface area contributed by atoms with Gasteiger partial charge in [0.1, 0.15) is 0 Å². The third-order valence-electron chi connectivity index (χ3n) is 4.33. The molecule has 0 N–H and O–H groups in total. The van der Waals surface area contributed by atoms with Gasteiger partial charge in [0.25, 0.3) is 10.0 Å². The molecule has 134 valence electrons. The summed E-state index contributed by atoms with van der Waals surface area (Å²) in [6.07, 6.45) is 0. The molecule has 0 aliphatic carbocycles. The Morgan fingerprint density at radius 2 is 1.44 bits per heavy atom. The molecule has 8 heteroatoms. The van der Waals surface area contributed by atoms with Crippen LogP contribution in [0, 0.1) is 0 Å². The number of hydrogen-bond donors (Lipinski definition) is 0. The molecule has 1 aliphatic heterocycles. The van der Waals surface area contributed by atoms with Crippen molar-refractivity contribution < 1.29 is 18.0 Å². The van der Waals surface area contributed by atoms with Crippen LogP contribution in [0.3, 0.4) is 0 Å². The van der Waals surface area contributed by atoms with E-state index in [-0.39, 0.29) is 15.6 Å². The van der Waals surface area contributed by atoms with Crippen LogP contribution in [0.15, 0.2) is 75.5 Å². The zero-order chi connectivity index (χ0) is 19.2. The third-order valence-corrected chi connectivity index (χ3v) is 6.11. The molecular formula is C19H13N3O4S. The summed E-state index contributed by atoms with van der Waals surface area (Å²) >= 11 is 0. The van der Waals surface area contributed by atoms with Crippen LogP contribution < -0.4 is 15.0 Å². The maximum absolute atomic E-state index is 13.0. The van der Waals surface area contributed by atoms with Gasteiger partial charge in [0.2, 0.25) is 0 Å². The molecule has 0 radical (unpaired) electrons. The summed E-state index contributed by atoms with van der Waals surface area (Å²) in [5.74, 6) is -1.98. The van der Waals surface area contributed by atoms with E-state index in [4.69, 9.17) is 0 Å². The quantitative estimate of drug-likeness (QED) is 0.634. The van der Waals surface area contributed by atoms with Gasteiger partial charge in [0.05, 0.1) is 21.3 Å². The Labute approximate surface area is 154 Å². The summed E-state index contributed by atoms with van der Waals surface area (Å²) in [5, 5.41) is 2.16. The summed E-state index contributed by atoms with van der Waals surface area (Å²) in [6, 6.07) is 17.0. The summed E-state index contributed by atoms with van der Waals surface area (Å²) in [4.78, 5) is 29.9. The molecule has 0 fully saturated rings. The minimum absolute atomic E-state index is 0.0435. The average molecular weight is 379 g/mol. The zero-order valence-corrected chi connectivity index (χ0v) is 15.0. The highest BCUT2D eigenvalue weighted by Crippen LogP contribution is 2.25. The van der Waals surface area contributed by atoms with Crippen LogP contribution in [0.25, 0.3) is 10.8 Å². The van der Waals surface area contributed by atoms with Gasteiger partial charge >= 0.3 is 11.8 Å². The summed E-state index contributed by atoms with van der Waals surface area (Å²) < 4.78 is 27.2. The number of nitrogens with zero attached hydrogens (tertiary/aromatic N) is 3. The van der Waals surface area contributed by atoms with Crippen molar-refractivity contribution in [3.05, 3.63) is 71.4 Å². The van der Waals surface area contributed by atoms with E-state index in [1.54, 1.807) is 12.1 Å². The fraction of sp³-hybridized carbons (Fsp3) is 0.0526. The van der Waals surface area contributed by atoms with Gasteiger partial charge in [0, 0.05) is 7.05 Å². The number of hydrogen-bond acceptors (Lipinski definition) is 4. The molecule has 3 aromatic rings. The number of sulfonamides is 1. The Morgan fingerprint density at radius 1 is 0.778 bits per heavy atom. The summed E-state index contributed by atoms with van der Waals surface area (Å²) in [6.45, 7) is 0. The van der Waals surface area contributed by atoms with Crippen LogP contribution in [-0.2, 0) is 19.6 Å². The summed E-state index contributed by atoms with van der Waals surface area (Å²) in [7, 11) is -2.44. The van der Waals surface area contributed by atoms with Crippen LogP contribution >= 0.6 is 0 Å². The number of carbonyl (C=O) groups excluding carboxylic acids is 2. The van der Waals surface area contributed by atoms with Gasteiger partial charge in [-0.25, -0.2) is 18.4 Å². The predicted molar refractivity (Wildman–Crippen MR) is 98.3 cm³/mol. The Kier molecular flexibility index (Phi) is 3.85. The lowest BCUT2D eigenvalue weighted by atomic mass is 10.1. The van der Waals surface area contributed by atoms with E-state index in [0.717, 1.165) is 15.1 Å². The van der Waals surface area contributed by atoms with E-state index in [0.29, 0.717) is 5.69 Å². The van der Waals surface area contributed by atoms with Crippen LogP contribution in [0.1, 0.15) is 0 Å². The van der Waals surface area contributed by atoms with Crippen LogP contribution in [0.5, 0.6) is 0 Å². The Bertz CT molecular complexity index is 1350. The summed E-state index contributed by atoms with van der Waals surface area (Å²) in [5.41, 5.74) is 0.499. The van der Waals surface area contributed by atoms with Gasteiger partial charge in [-0.15, -0.1) is 0 Å². The number of anilines is 1. The second-order valence-electron chi connectivity index (χ2n) is 5.99. The predicted octanol–water partition coefficient (Wildman–Crippen LogP) is 0.971. The van der Waals surface area contributed by atoms with Crippen molar-refractivity contribution in [2.45, 2.75) is 4.90 Å². The van der Waals surface area contributed by atoms with E-state index in [2.05, 4.69) is 9.98 Å². The first-order chi connectivity index (χ1) is 12.9. The third kappa shape index (κ3) is 2.89. The lowest BCUT2D eigenvalue weighted by molar-refractivity contribution is -0.135. The lowest BCUT2D eigenvalue weighted by Crippen LogP contribution is -2.36. The molecule has 1 aliphatic rings. The molecule has 0 saturated heterocycles. The van der Waals surface area contributed by atoms with E-state index < -0.39 is 21.8 Å². The Balaban J connectivity index is 1.80. The topological polar surface area (TPSA) is 96.2 Å². The average Bonchev–Trinajstić information content (AvgIpc) is 2.67. The molecule has 0 aromatic heterocycles. The second kappa shape index (κ2) is 6.10. The van der Waals surface area contributed by atoms with Gasteiger partial charge < -0.3 is 0 Å². The fourth-order valence-corrected chi connectivity index (χ4v) is 4.04. The molecule has 0 atom stereocenters. The van der Waals surface area contributed by atoms with Crippen molar-refractivity contribution in [1.82, 2.24) is 0 Å². The molecule has 1 heterocycles. The maximum Gasteiger partial charge on any atom is 0.338 e. The van der Waals surface area contributed by atoms with E-state index in [1.165, 1.54) is 25.2 Å². The first kappa shape index (κ1) is 17.0. The van der Waals surface area contributed by atoms with Crippen molar-refractivity contribution in [3.63, 3.8) is 0 Å². The minimum Gasteiger partial charge on any atom is -0.269 e. The highest BCUT2D eigenvalue weighted by molar-refractivity contribution is 7.92. The number of fused-ring (bicyclic) bond motifs is 2. The first-order valence-corrected chi connectivity index (χ1v) is 9.44. The molecule has 0 spiro atoms. The Hall–Kier alpha value is -3.39. The standard InChI is InChI=1S/C19H13N3O4S/c1-22(14-7-6-12-4-2-3-5-13(12)10-14)27(25,26)15-8-9-16-17(11-15)21-19(24)18(23)20-16/h2-11H,1H3. The molecule has 0 saturated carbocycles. The van der Waals surface area contributed by atoms with Crippen molar-refractivity contribution in [3.8, 4) is 0 Å². The van der Waals surface area contributed by atoms with E-state index in [9.17, 15) is 18.0 Å². The zero-order valence-electron chi connectivity index (χ0n) is 14.2. The highest BCUT2D eigenvalue weighted by atomic mass is 32.2. The van der Waals surface area contributed by atoms with Crippen molar-refractivity contribution in [2.24, 2.45) is 9.98 Å². The molecule has 3 aromatic carbocycles. The largest absolute Gasteiger partial charge is 0.338 e. The normalized spacial score (nSPS) is 13.7.